The van der Waals surface area contributed by atoms with Gasteiger partial charge in [-0.2, -0.15) is 0 Å². The molecule has 0 bridgehead atoms. The van der Waals surface area contributed by atoms with Gasteiger partial charge in [-0.3, -0.25) is 9.59 Å². The Hall–Kier alpha value is -2.54. The number of benzene rings is 1. The van der Waals surface area contributed by atoms with Gasteiger partial charge in [0.15, 0.2) is 5.78 Å². The highest BCUT2D eigenvalue weighted by molar-refractivity contribution is 6.03. The Morgan fingerprint density at radius 1 is 1.35 bits per heavy atom. The lowest BCUT2D eigenvalue weighted by molar-refractivity contribution is -0.117. The fraction of sp³-hybridized carbons (Fsp3) is 0.250. The minimum atomic E-state index is -0.428. The molecule has 3 rings (SSSR count). The number of primary amides is 1. The summed E-state index contributed by atoms with van der Waals surface area (Å²) in [6, 6.07) is 5.77. The lowest BCUT2D eigenvalue weighted by Crippen LogP contribution is -2.09. The second-order valence-electron chi connectivity index (χ2n) is 4.96. The molecule has 0 atom stereocenters. The number of fused-ring (bicyclic) bond motifs is 3. The summed E-state index contributed by atoms with van der Waals surface area (Å²) in [6.45, 7) is 0. The van der Waals surface area contributed by atoms with Gasteiger partial charge in [-0.05, 0) is 36.6 Å². The topological polar surface area (TPSA) is 76.0 Å². The number of aromatic nitrogens is 1. The Morgan fingerprint density at radius 3 is 3.00 bits per heavy atom. The van der Waals surface area contributed by atoms with E-state index in [1.54, 1.807) is 0 Å². The van der Waals surface area contributed by atoms with Crippen LogP contribution in [0.3, 0.4) is 0 Å². The van der Waals surface area contributed by atoms with E-state index in [0.29, 0.717) is 6.42 Å². The number of hydrogen-bond donors (Lipinski definition) is 2. The zero-order chi connectivity index (χ0) is 14.1. The minimum Gasteiger partial charge on any atom is -0.369 e. The lowest BCUT2D eigenvalue weighted by Gasteiger charge is -2.09. The van der Waals surface area contributed by atoms with Crippen molar-refractivity contribution >= 4 is 22.6 Å². The van der Waals surface area contributed by atoms with Crippen LogP contribution >= 0.6 is 0 Å². The van der Waals surface area contributed by atoms with Crippen LogP contribution < -0.4 is 5.73 Å². The van der Waals surface area contributed by atoms with Gasteiger partial charge in [-0.25, -0.2) is 0 Å². The highest BCUT2D eigenvalue weighted by Gasteiger charge is 2.21. The second kappa shape index (κ2) is 4.86. The first-order valence-electron chi connectivity index (χ1n) is 6.60. The van der Waals surface area contributed by atoms with E-state index in [0.717, 1.165) is 40.6 Å². The molecule has 0 spiro atoms. The highest BCUT2D eigenvalue weighted by Crippen LogP contribution is 2.29. The Labute approximate surface area is 116 Å². The smallest absolute Gasteiger partial charge is 0.229 e. The molecule has 1 aromatic heterocycles. The van der Waals surface area contributed by atoms with Crippen molar-refractivity contribution in [3.05, 3.63) is 35.0 Å². The van der Waals surface area contributed by atoms with Crippen LogP contribution in [0.15, 0.2) is 18.2 Å². The summed E-state index contributed by atoms with van der Waals surface area (Å²) in [7, 11) is 0. The van der Waals surface area contributed by atoms with Gasteiger partial charge in [0, 0.05) is 22.9 Å². The quantitative estimate of drug-likeness (QED) is 0.774. The van der Waals surface area contributed by atoms with E-state index in [1.165, 1.54) is 0 Å². The van der Waals surface area contributed by atoms with Crippen molar-refractivity contribution in [2.75, 3.05) is 0 Å². The molecule has 3 N–H and O–H groups in total. The normalized spacial score (nSPS) is 13.7. The van der Waals surface area contributed by atoms with Gasteiger partial charge in [0.05, 0.1) is 12.1 Å². The molecule has 1 aliphatic carbocycles. The van der Waals surface area contributed by atoms with E-state index >= 15 is 0 Å². The van der Waals surface area contributed by atoms with Crippen LogP contribution in [0.1, 0.15) is 40.9 Å². The van der Waals surface area contributed by atoms with Crippen LogP contribution in [0.5, 0.6) is 0 Å². The molecular weight excluding hydrogens is 252 g/mol. The van der Waals surface area contributed by atoms with Gasteiger partial charge in [0.1, 0.15) is 0 Å². The number of nitrogens with one attached hydrogen (secondary N) is 1. The Balaban J connectivity index is 2.04. The molecule has 0 aliphatic heterocycles. The predicted molar refractivity (Wildman–Crippen MR) is 76.3 cm³/mol. The predicted octanol–water partition coefficient (Wildman–Crippen LogP) is 1.91. The van der Waals surface area contributed by atoms with Crippen molar-refractivity contribution in [3.8, 4) is 11.8 Å². The van der Waals surface area contributed by atoms with Crippen LogP contribution in [0.4, 0.5) is 0 Å². The van der Waals surface area contributed by atoms with E-state index in [4.69, 9.17) is 5.73 Å². The summed E-state index contributed by atoms with van der Waals surface area (Å²) in [5.74, 6) is 5.43. The van der Waals surface area contributed by atoms with Gasteiger partial charge < -0.3 is 10.7 Å². The van der Waals surface area contributed by atoms with Crippen molar-refractivity contribution < 1.29 is 9.59 Å². The van der Waals surface area contributed by atoms with Crippen molar-refractivity contribution in [2.45, 2.75) is 25.7 Å². The number of carbonyl (C=O) groups is 2. The second-order valence-corrected chi connectivity index (χ2v) is 4.96. The summed E-state index contributed by atoms with van der Waals surface area (Å²) in [5.41, 5.74) is 8.69. The van der Waals surface area contributed by atoms with Crippen molar-refractivity contribution in [3.63, 3.8) is 0 Å². The molecule has 1 heterocycles. The fourth-order valence-electron chi connectivity index (χ4n) is 2.61. The van der Waals surface area contributed by atoms with Crippen molar-refractivity contribution in [1.82, 2.24) is 4.98 Å². The minimum absolute atomic E-state index is 0.0573. The summed E-state index contributed by atoms with van der Waals surface area (Å²) in [4.78, 5) is 25.7. The molecule has 0 saturated carbocycles. The highest BCUT2D eigenvalue weighted by atomic mass is 16.1. The zero-order valence-corrected chi connectivity index (χ0v) is 11.0. The average Bonchev–Trinajstić information content (AvgIpc) is 2.78. The Kier molecular flexibility index (Phi) is 3.03. The van der Waals surface area contributed by atoms with E-state index in [2.05, 4.69) is 16.8 Å². The lowest BCUT2D eigenvalue weighted by atomic mass is 9.94. The van der Waals surface area contributed by atoms with Crippen LogP contribution in [0.2, 0.25) is 0 Å². The molecule has 0 radical (unpaired) electrons. The average molecular weight is 266 g/mol. The number of hydrogen-bond acceptors (Lipinski definition) is 2. The molecule has 1 aromatic carbocycles. The van der Waals surface area contributed by atoms with Crippen LogP contribution in [-0.4, -0.2) is 16.7 Å². The molecular formula is C16H14N2O2. The van der Waals surface area contributed by atoms with Crippen LogP contribution in [0.25, 0.3) is 10.9 Å². The Morgan fingerprint density at radius 2 is 2.20 bits per heavy atom. The fourth-order valence-corrected chi connectivity index (χ4v) is 2.61. The number of ketones is 1. The van der Waals surface area contributed by atoms with Gasteiger partial charge in [0.25, 0.3) is 0 Å². The van der Waals surface area contributed by atoms with E-state index in [1.807, 2.05) is 18.2 Å². The third-order valence-corrected chi connectivity index (χ3v) is 3.51. The summed E-state index contributed by atoms with van der Waals surface area (Å²) in [6.07, 6.45) is 2.49. The number of aryl methyl sites for hydroxylation is 1. The number of Topliss-reactive ketones (excluding diaryl/α,β-unsaturated/α-hetero) is 1. The molecule has 2 aromatic rings. The maximum atomic E-state index is 11.9. The molecule has 0 fully saturated rings. The number of rotatable bonds is 1. The molecule has 1 aliphatic rings. The molecule has 100 valence electrons. The van der Waals surface area contributed by atoms with Gasteiger partial charge in [-0.1, -0.05) is 11.8 Å². The third-order valence-electron chi connectivity index (χ3n) is 3.51. The Bertz CT molecular complexity index is 775. The zero-order valence-electron chi connectivity index (χ0n) is 11.0. The first-order chi connectivity index (χ1) is 9.65. The first-order valence-corrected chi connectivity index (χ1v) is 6.60. The third kappa shape index (κ3) is 2.19. The molecule has 4 heteroatoms. The monoisotopic (exact) mass is 266 g/mol. The van der Waals surface area contributed by atoms with Gasteiger partial charge in [0.2, 0.25) is 5.91 Å². The molecule has 4 nitrogen and oxygen atoms in total. The standard InChI is InChI=1S/C16H14N2O2/c17-15(20)6-1-3-10-7-8-13-12(9-10)11-4-2-5-14(19)16(11)18-13/h7-9,18H,2,4-6H2,(H2,17,20). The van der Waals surface area contributed by atoms with Gasteiger partial charge >= 0.3 is 0 Å². The largest absolute Gasteiger partial charge is 0.369 e. The molecule has 0 unspecified atom stereocenters. The van der Waals surface area contributed by atoms with Crippen molar-refractivity contribution in [1.29, 1.82) is 0 Å². The summed E-state index contributed by atoms with van der Waals surface area (Å²) >= 11 is 0. The summed E-state index contributed by atoms with van der Waals surface area (Å²) < 4.78 is 0. The SMILES string of the molecule is NC(=O)CC#Cc1ccc2[nH]c3c(c2c1)CCCC3=O. The number of aromatic amines is 1. The van der Waals surface area contributed by atoms with Crippen LogP contribution in [0, 0.1) is 11.8 Å². The molecule has 0 saturated heterocycles. The summed E-state index contributed by atoms with van der Waals surface area (Å²) in [5, 5.41) is 1.05. The first kappa shape index (κ1) is 12.5. The molecule has 1 amide bonds. The van der Waals surface area contributed by atoms with Crippen molar-refractivity contribution in [2.24, 2.45) is 5.73 Å². The molecule has 20 heavy (non-hydrogen) atoms. The number of carbonyl (C=O) groups excluding carboxylic acids is 2. The number of nitrogens with two attached hydrogens (primary N) is 1. The van der Waals surface area contributed by atoms with Gasteiger partial charge in [-0.15, -0.1) is 0 Å². The number of amides is 1. The van der Waals surface area contributed by atoms with E-state index < -0.39 is 5.91 Å². The number of H-pyrrole nitrogens is 1. The van der Waals surface area contributed by atoms with E-state index in [9.17, 15) is 9.59 Å². The maximum absolute atomic E-state index is 11.9. The maximum Gasteiger partial charge on any atom is 0.229 e. The van der Waals surface area contributed by atoms with Crippen LogP contribution in [-0.2, 0) is 11.2 Å². The van der Waals surface area contributed by atoms with E-state index in [-0.39, 0.29) is 12.2 Å².